The van der Waals surface area contributed by atoms with Gasteiger partial charge in [0.2, 0.25) is 5.91 Å². The third-order valence-electron chi connectivity index (χ3n) is 4.36. The Labute approximate surface area is 151 Å². The Morgan fingerprint density at radius 1 is 1.00 bits per heavy atom. The molecule has 0 atom stereocenters. The summed E-state index contributed by atoms with van der Waals surface area (Å²) < 4.78 is 3.97. The van der Waals surface area contributed by atoms with Crippen LogP contribution in [0.1, 0.15) is 12.2 Å². The highest BCUT2D eigenvalue weighted by molar-refractivity contribution is 5.80. The smallest absolute Gasteiger partial charge is 0.222 e. The van der Waals surface area contributed by atoms with Crippen molar-refractivity contribution >= 4 is 16.8 Å². The monoisotopic (exact) mass is 345 g/mol. The minimum atomic E-state index is -0.00890. The van der Waals surface area contributed by atoms with Gasteiger partial charge < -0.3 is 9.88 Å². The Morgan fingerprint density at radius 2 is 1.81 bits per heavy atom. The van der Waals surface area contributed by atoms with Crippen molar-refractivity contribution in [1.29, 1.82) is 0 Å². The number of carbonyl (C=O) groups is 1. The van der Waals surface area contributed by atoms with E-state index in [4.69, 9.17) is 0 Å². The van der Waals surface area contributed by atoms with Gasteiger partial charge in [-0.05, 0) is 29.7 Å². The van der Waals surface area contributed by atoms with Crippen LogP contribution < -0.4 is 5.32 Å². The number of aromatic nitrogens is 4. The summed E-state index contributed by atoms with van der Waals surface area (Å²) in [7, 11) is 0. The quantitative estimate of drug-likeness (QED) is 0.584. The molecule has 0 saturated heterocycles. The lowest BCUT2D eigenvalue weighted by atomic mass is 10.2. The molecule has 130 valence electrons. The molecule has 0 fully saturated rings. The van der Waals surface area contributed by atoms with Crippen LogP contribution in [0.4, 0.5) is 0 Å². The third-order valence-corrected chi connectivity index (χ3v) is 4.36. The fourth-order valence-electron chi connectivity index (χ4n) is 3.01. The van der Waals surface area contributed by atoms with Crippen molar-refractivity contribution in [3.63, 3.8) is 0 Å². The number of hydrogen-bond donors (Lipinski definition) is 1. The summed E-state index contributed by atoms with van der Waals surface area (Å²) in [5, 5.41) is 12.2. The van der Waals surface area contributed by atoms with E-state index in [-0.39, 0.29) is 5.91 Å². The lowest BCUT2D eigenvalue weighted by molar-refractivity contribution is -0.121. The van der Waals surface area contributed by atoms with Gasteiger partial charge in [-0.1, -0.05) is 36.4 Å². The summed E-state index contributed by atoms with van der Waals surface area (Å²) in [6.07, 6.45) is 4.09. The molecule has 0 bridgehead atoms. The number of carbonyl (C=O) groups excluding carboxylic acids is 1. The highest BCUT2D eigenvalue weighted by atomic mass is 16.1. The van der Waals surface area contributed by atoms with Crippen molar-refractivity contribution < 1.29 is 4.79 Å². The largest absolute Gasteiger partial charge is 0.349 e. The van der Waals surface area contributed by atoms with E-state index in [1.54, 1.807) is 6.33 Å². The number of rotatable bonds is 6. The van der Waals surface area contributed by atoms with Gasteiger partial charge in [0.25, 0.3) is 0 Å². The number of benzene rings is 2. The van der Waals surface area contributed by atoms with E-state index >= 15 is 0 Å². The second kappa shape index (κ2) is 7.23. The lowest BCUT2D eigenvalue weighted by Gasteiger charge is -2.09. The van der Waals surface area contributed by atoms with Crippen LogP contribution in [0.5, 0.6) is 0 Å². The topological polar surface area (TPSA) is 64.7 Å². The number of para-hydroxylation sites is 2. The molecule has 6 heteroatoms. The fraction of sp³-hybridized carbons (Fsp3) is 0.150. The van der Waals surface area contributed by atoms with Crippen LogP contribution in [0.2, 0.25) is 0 Å². The van der Waals surface area contributed by atoms with Gasteiger partial charge in [-0.15, -0.1) is 10.2 Å². The van der Waals surface area contributed by atoms with Crippen molar-refractivity contribution in [3.05, 3.63) is 79.0 Å². The summed E-state index contributed by atoms with van der Waals surface area (Å²) in [6, 6.07) is 20.1. The molecule has 0 aliphatic rings. The molecule has 0 radical (unpaired) electrons. The Kier molecular flexibility index (Phi) is 4.47. The zero-order chi connectivity index (χ0) is 17.8. The van der Waals surface area contributed by atoms with E-state index in [0.717, 1.165) is 11.2 Å². The van der Waals surface area contributed by atoms with Gasteiger partial charge in [0, 0.05) is 30.4 Å². The van der Waals surface area contributed by atoms with Crippen LogP contribution in [0, 0.1) is 0 Å². The molecule has 0 unspecified atom stereocenters. The highest BCUT2D eigenvalue weighted by Gasteiger charge is 2.09. The van der Waals surface area contributed by atoms with Gasteiger partial charge in [0.05, 0.1) is 6.54 Å². The van der Waals surface area contributed by atoms with Gasteiger partial charge in [0.15, 0.2) is 5.82 Å². The highest BCUT2D eigenvalue weighted by Crippen LogP contribution is 2.15. The second-order valence-electron chi connectivity index (χ2n) is 6.05. The standard InChI is InChI=1S/C20H19N5O/c26-20(11-13-24-12-10-16-6-4-5-9-18(16)24)21-14-19-23-22-15-25(19)17-7-2-1-3-8-17/h1-10,12,15H,11,13-14H2,(H,21,26). The first-order valence-corrected chi connectivity index (χ1v) is 8.56. The first kappa shape index (κ1) is 16.1. The van der Waals surface area contributed by atoms with Gasteiger partial charge in [0.1, 0.15) is 6.33 Å². The minimum Gasteiger partial charge on any atom is -0.349 e. The van der Waals surface area contributed by atoms with Crippen LogP contribution >= 0.6 is 0 Å². The van der Waals surface area contributed by atoms with E-state index in [1.807, 2.05) is 53.2 Å². The Bertz CT molecular complexity index is 1020. The summed E-state index contributed by atoms with van der Waals surface area (Å²) in [4.78, 5) is 12.2. The maximum absolute atomic E-state index is 12.2. The molecule has 0 saturated carbocycles. The van der Waals surface area contributed by atoms with Crippen LogP contribution in [0.3, 0.4) is 0 Å². The van der Waals surface area contributed by atoms with E-state index < -0.39 is 0 Å². The van der Waals surface area contributed by atoms with Crippen molar-refractivity contribution in [2.24, 2.45) is 0 Å². The van der Waals surface area contributed by atoms with E-state index in [1.165, 1.54) is 5.39 Å². The van der Waals surface area contributed by atoms with E-state index in [0.29, 0.717) is 25.3 Å². The number of fused-ring (bicyclic) bond motifs is 1. The molecule has 0 aliphatic heterocycles. The summed E-state index contributed by atoms with van der Waals surface area (Å²) in [5.41, 5.74) is 2.12. The zero-order valence-electron chi connectivity index (χ0n) is 14.2. The predicted octanol–water partition coefficient (Wildman–Crippen LogP) is 2.93. The molecule has 4 aromatic rings. The second-order valence-corrected chi connectivity index (χ2v) is 6.05. The maximum Gasteiger partial charge on any atom is 0.222 e. The summed E-state index contributed by atoms with van der Waals surface area (Å²) >= 11 is 0. The number of hydrogen-bond acceptors (Lipinski definition) is 3. The number of nitrogens with zero attached hydrogens (tertiary/aromatic N) is 4. The van der Waals surface area contributed by atoms with Gasteiger partial charge >= 0.3 is 0 Å². The van der Waals surface area contributed by atoms with Gasteiger partial charge in [-0.3, -0.25) is 9.36 Å². The van der Waals surface area contributed by atoms with Crippen LogP contribution in [-0.2, 0) is 17.9 Å². The Morgan fingerprint density at radius 3 is 2.69 bits per heavy atom. The van der Waals surface area contributed by atoms with Gasteiger partial charge in [-0.2, -0.15) is 0 Å². The molecule has 6 nitrogen and oxygen atoms in total. The fourth-order valence-corrected chi connectivity index (χ4v) is 3.01. The number of nitrogens with one attached hydrogen (secondary N) is 1. The Hall–Kier alpha value is -3.41. The first-order chi connectivity index (χ1) is 12.8. The molecule has 26 heavy (non-hydrogen) atoms. The van der Waals surface area contributed by atoms with Crippen molar-refractivity contribution in [2.75, 3.05) is 0 Å². The average Bonchev–Trinajstić information content (AvgIpc) is 3.32. The molecular weight excluding hydrogens is 326 g/mol. The minimum absolute atomic E-state index is 0.00890. The Balaban J connectivity index is 1.36. The van der Waals surface area contributed by atoms with Crippen LogP contribution in [0.25, 0.3) is 16.6 Å². The molecule has 2 heterocycles. The van der Waals surface area contributed by atoms with E-state index in [2.05, 4.69) is 38.3 Å². The molecule has 2 aromatic carbocycles. The molecule has 0 aliphatic carbocycles. The maximum atomic E-state index is 12.2. The van der Waals surface area contributed by atoms with Crippen molar-refractivity contribution in [3.8, 4) is 5.69 Å². The molecule has 2 aromatic heterocycles. The van der Waals surface area contributed by atoms with Crippen LogP contribution in [-0.4, -0.2) is 25.2 Å². The molecule has 1 N–H and O–H groups in total. The SMILES string of the molecule is O=C(CCn1ccc2ccccc21)NCc1nncn1-c1ccccc1. The number of aryl methyl sites for hydroxylation is 1. The third kappa shape index (κ3) is 3.35. The molecular formula is C20H19N5O. The summed E-state index contributed by atoms with van der Waals surface area (Å²) in [6.45, 7) is 0.991. The van der Waals surface area contributed by atoms with Crippen LogP contribution in [0.15, 0.2) is 73.2 Å². The first-order valence-electron chi connectivity index (χ1n) is 8.56. The number of amides is 1. The van der Waals surface area contributed by atoms with E-state index in [9.17, 15) is 4.79 Å². The van der Waals surface area contributed by atoms with Crippen molar-refractivity contribution in [2.45, 2.75) is 19.5 Å². The molecule has 4 rings (SSSR count). The predicted molar refractivity (Wildman–Crippen MR) is 99.8 cm³/mol. The average molecular weight is 345 g/mol. The molecule has 1 amide bonds. The van der Waals surface area contributed by atoms with Gasteiger partial charge in [-0.25, -0.2) is 0 Å². The zero-order valence-corrected chi connectivity index (χ0v) is 14.2. The van der Waals surface area contributed by atoms with Crippen molar-refractivity contribution in [1.82, 2.24) is 24.6 Å². The molecule has 0 spiro atoms. The normalized spacial score (nSPS) is 10.9. The lowest BCUT2D eigenvalue weighted by Crippen LogP contribution is -2.25. The summed E-state index contributed by atoms with van der Waals surface area (Å²) in [5.74, 6) is 0.696.